The molecular formula is C33H35F3N2O2. The molecule has 210 valence electrons. The van der Waals surface area contributed by atoms with Crippen molar-refractivity contribution in [1.82, 2.24) is 9.88 Å². The summed E-state index contributed by atoms with van der Waals surface area (Å²) >= 11 is 0. The van der Waals surface area contributed by atoms with Crippen molar-refractivity contribution in [2.45, 2.75) is 77.4 Å². The molecule has 1 heterocycles. The SMILES string of the molecule is C[C@H](c1ccc(OC(F)(F)F)cc1)N(Cc1ccc(C(C)(C)C)cc1)Cc1cc2cc(C3CC3)ccc2[nH]c1=O. The van der Waals surface area contributed by atoms with Crippen molar-refractivity contribution in [2.24, 2.45) is 0 Å². The van der Waals surface area contributed by atoms with Crippen LogP contribution in [-0.2, 0) is 18.5 Å². The second-order valence-electron chi connectivity index (χ2n) is 11.9. The quantitative estimate of drug-likeness (QED) is 0.241. The van der Waals surface area contributed by atoms with Crippen LogP contribution in [0, 0.1) is 0 Å². The molecule has 1 aliphatic carbocycles. The van der Waals surface area contributed by atoms with E-state index < -0.39 is 6.36 Å². The summed E-state index contributed by atoms with van der Waals surface area (Å²) in [5, 5.41) is 1.01. The van der Waals surface area contributed by atoms with Crippen LogP contribution in [0.3, 0.4) is 0 Å². The van der Waals surface area contributed by atoms with Crippen LogP contribution in [0.25, 0.3) is 10.9 Å². The molecule has 40 heavy (non-hydrogen) atoms. The molecular weight excluding hydrogens is 513 g/mol. The molecule has 0 amide bonds. The van der Waals surface area contributed by atoms with Crippen LogP contribution in [0.4, 0.5) is 13.2 Å². The third kappa shape index (κ3) is 6.76. The molecule has 0 aliphatic heterocycles. The maximum atomic E-state index is 13.1. The predicted molar refractivity (Wildman–Crippen MR) is 152 cm³/mol. The van der Waals surface area contributed by atoms with Crippen molar-refractivity contribution in [2.75, 3.05) is 0 Å². The lowest BCUT2D eigenvalue weighted by molar-refractivity contribution is -0.274. The zero-order valence-corrected chi connectivity index (χ0v) is 23.3. The van der Waals surface area contributed by atoms with E-state index in [1.165, 1.54) is 36.1 Å². The van der Waals surface area contributed by atoms with Crippen LogP contribution in [-0.4, -0.2) is 16.2 Å². The van der Waals surface area contributed by atoms with Crippen molar-refractivity contribution >= 4 is 10.9 Å². The van der Waals surface area contributed by atoms with E-state index in [-0.39, 0.29) is 22.8 Å². The maximum Gasteiger partial charge on any atom is 0.573 e. The van der Waals surface area contributed by atoms with Gasteiger partial charge >= 0.3 is 6.36 Å². The van der Waals surface area contributed by atoms with Gasteiger partial charge in [-0.2, -0.15) is 0 Å². The summed E-state index contributed by atoms with van der Waals surface area (Å²) in [4.78, 5) is 18.4. The van der Waals surface area contributed by atoms with Gasteiger partial charge in [0.15, 0.2) is 0 Å². The highest BCUT2D eigenvalue weighted by Crippen LogP contribution is 2.40. The van der Waals surface area contributed by atoms with Crippen molar-refractivity contribution in [3.8, 4) is 5.75 Å². The van der Waals surface area contributed by atoms with E-state index in [9.17, 15) is 18.0 Å². The van der Waals surface area contributed by atoms with Gasteiger partial charge in [0.1, 0.15) is 5.75 Å². The van der Waals surface area contributed by atoms with Crippen molar-refractivity contribution < 1.29 is 17.9 Å². The molecule has 1 saturated carbocycles. The largest absolute Gasteiger partial charge is 0.573 e. The molecule has 0 bridgehead atoms. The fourth-order valence-electron chi connectivity index (χ4n) is 5.11. The Balaban J connectivity index is 1.46. The molecule has 0 spiro atoms. The summed E-state index contributed by atoms with van der Waals surface area (Å²) in [6.45, 7) is 9.45. The Morgan fingerprint density at radius 1 is 0.925 bits per heavy atom. The first-order valence-corrected chi connectivity index (χ1v) is 13.7. The summed E-state index contributed by atoms with van der Waals surface area (Å²) in [5.41, 5.74) is 5.81. The number of nitrogens with zero attached hydrogens (tertiary/aromatic N) is 1. The molecule has 1 N–H and O–H groups in total. The lowest BCUT2D eigenvalue weighted by Gasteiger charge is -2.30. The number of fused-ring (bicyclic) bond motifs is 1. The topological polar surface area (TPSA) is 45.3 Å². The molecule has 1 aromatic heterocycles. The Hall–Kier alpha value is -3.58. The molecule has 0 unspecified atom stereocenters. The van der Waals surface area contributed by atoms with Gasteiger partial charge in [0.05, 0.1) is 0 Å². The highest BCUT2D eigenvalue weighted by atomic mass is 19.4. The highest BCUT2D eigenvalue weighted by molar-refractivity contribution is 5.80. The Morgan fingerprint density at radius 3 is 2.20 bits per heavy atom. The number of ether oxygens (including phenoxy) is 1. The molecule has 1 aliphatic rings. The van der Waals surface area contributed by atoms with E-state index >= 15 is 0 Å². The molecule has 4 aromatic rings. The minimum atomic E-state index is -4.74. The normalized spacial score (nSPS) is 15.0. The Kier molecular flexibility index (Phi) is 7.53. The lowest BCUT2D eigenvalue weighted by atomic mass is 9.86. The summed E-state index contributed by atoms with van der Waals surface area (Å²) in [7, 11) is 0. The number of aromatic nitrogens is 1. The number of aromatic amines is 1. The zero-order chi connectivity index (χ0) is 28.7. The first-order chi connectivity index (χ1) is 18.9. The molecule has 4 nitrogen and oxygen atoms in total. The van der Waals surface area contributed by atoms with Crippen LogP contribution < -0.4 is 10.3 Å². The number of rotatable bonds is 8. The monoisotopic (exact) mass is 548 g/mol. The zero-order valence-electron chi connectivity index (χ0n) is 23.3. The minimum Gasteiger partial charge on any atom is -0.406 e. The maximum absolute atomic E-state index is 13.1. The number of hydrogen-bond donors (Lipinski definition) is 1. The van der Waals surface area contributed by atoms with Crippen LogP contribution in [0.1, 0.15) is 80.3 Å². The lowest BCUT2D eigenvalue weighted by Crippen LogP contribution is -2.29. The number of nitrogens with one attached hydrogen (secondary N) is 1. The van der Waals surface area contributed by atoms with Crippen LogP contribution in [0.2, 0.25) is 0 Å². The number of H-pyrrole nitrogens is 1. The molecule has 7 heteroatoms. The van der Waals surface area contributed by atoms with E-state index in [1.807, 2.05) is 19.1 Å². The molecule has 0 saturated heterocycles. The van der Waals surface area contributed by atoms with Gasteiger partial charge in [-0.05, 0) is 89.1 Å². The highest BCUT2D eigenvalue weighted by Gasteiger charge is 2.31. The molecule has 3 aromatic carbocycles. The average molecular weight is 549 g/mol. The van der Waals surface area contributed by atoms with E-state index in [2.05, 4.69) is 71.8 Å². The summed E-state index contributed by atoms with van der Waals surface area (Å²) in [6, 6.07) is 22.5. The minimum absolute atomic E-state index is 0.0312. The van der Waals surface area contributed by atoms with Gasteiger partial charge in [-0.25, -0.2) is 0 Å². The Bertz CT molecular complexity index is 1530. The molecule has 1 fully saturated rings. The van der Waals surface area contributed by atoms with E-state index in [4.69, 9.17) is 0 Å². The number of hydrogen-bond acceptors (Lipinski definition) is 3. The first kappa shape index (κ1) is 28.0. The van der Waals surface area contributed by atoms with Gasteiger partial charge in [0.25, 0.3) is 5.56 Å². The van der Waals surface area contributed by atoms with Gasteiger partial charge in [0, 0.05) is 30.2 Å². The third-order valence-corrected chi connectivity index (χ3v) is 7.72. The van der Waals surface area contributed by atoms with E-state index in [0.717, 1.165) is 22.0 Å². The number of halogens is 3. The fraction of sp³-hybridized carbons (Fsp3) is 0.364. The third-order valence-electron chi connectivity index (χ3n) is 7.72. The number of benzene rings is 3. The Morgan fingerprint density at radius 2 is 1.60 bits per heavy atom. The van der Waals surface area contributed by atoms with Crippen molar-refractivity contribution in [3.05, 3.63) is 111 Å². The summed E-state index contributed by atoms with van der Waals surface area (Å²) in [6.07, 6.45) is -2.34. The second kappa shape index (κ2) is 10.8. The van der Waals surface area contributed by atoms with Crippen molar-refractivity contribution in [1.29, 1.82) is 0 Å². The summed E-state index contributed by atoms with van der Waals surface area (Å²) in [5.74, 6) is 0.349. The average Bonchev–Trinajstić information content (AvgIpc) is 3.73. The second-order valence-corrected chi connectivity index (χ2v) is 11.9. The number of pyridine rings is 1. The molecule has 1 atom stereocenters. The van der Waals surface area contributed by atoms with E-state index in [0.29, 0.717) is 24.6 Å². The van der Waals surface area contributed by atoms with Gasteiger partial charge in [-0.3, -0.25) is 9.69 Å². The van der Waals surface area contributed by atoms with Crippen LogP contribution in [0.15, 0.2) is 77.6 Å². The smallest absolute Gasteiger partial charge is 0.406 e. The first-order valence-electron chi connectivity index (χ1n) is 13.7. The van der Waals surface area contributed by atoms with Gasteiger partial charge < -0.3 is 9.72 Å². The van der Waals surface area contributed by atoms with Gasteiger partial charge in [-0.1, -0.05) is 63.2 Å². The van der Waals surface area contributed by atoms with Crippen LogP contribution >= 0.6 is 0 Å². The van der Waals surface area contributed by atoms with E-state index in [1.54, 1.807) is 12.1 Å². The number of alkyl halides is 3. The molecule has 0 radical (unpaired) electrons. The predicted octanol–water partition coefficient (Wildman–Crippen LogP) is 8.37. The standard InChI is InChI=1S/C33H35F3N2O2/c1-21(23-9-14-29(15-10-23)40-33(34,35)36)38(19-22-5-12-28(13-6-22)32(2,3)4)20-27-18-26-17-25(24-7-8-24)11-16-30(26)37-31(27)39/h5-6,9-18,21,24H,7-8,19-20H2,1-4H3,(H,37,39)/t21-/m1/s1. The molecule has 5 rings (SSSR count). The Labute approximate surface area is 232 Å². The van der Waals surface area contributed by atoms with Gasteiger partial charge in [-0.15, -0.1) is 13.2 Å². The fourth-order valence-corrected chi connectivity index (χ4v) is 5.11. The van der Waals surface area contributed by atoms with Crippen molar-refractivity contribution in [3.63, 3.8) is 0 Å². The van der Waals surface area contributed by atoms with Gasteiger partial charge in [0.2, 0.25) is 0 Å². The summed E-state index contributed by atoms with van der Waals surface area (Å²) < 4.78 is 42.1. The van der Waals surface area contributed by atoms with Crippen LogP contribution in [0.5, 0.6) is 5.75 Å².